The van der Waals surface area contributed by atoms with Crippen LogP contribution in [0.25, 0.3) is 15.6 Å². The minimum atomic E-state index is -0.506. The van der Waals surface area contributed by atoms with Crippen LogP contribution >= 0.6 is 0 Å². The van der Waals surface area contributed by atoms with Crippen LogP contribution in [0.3, 0.4) is 0 Å². The van der Waals surface area contributed by atoms with E-state index in [-0.39, 0.29) is 19.1 Å². The van der Waals surface area contributed by atoms with E-state index in [1.807, 2.05) is 49.4 Å². The lowest BCUT2D eigenvalue weighted by Crippen LogP contribution is -2.20. The van der Waals surface area contributed by atoms with Crippen LogP contribution in [0.1, 0.15) is 25.3 Å². The molecule has 1 amide bonds. The van der Waals surface area contributed by atoms with Gasteiger partial charge in [-0.15, -0.1) is 0 Å². The highest BCUT2D eigenvalue weighted by molar-refractivity contribution is 6.00. The number of rotatable bonds is 7. The second-order valence-corrected chi connectivity index (χ2v) is 6.67. The molecule has 152 valence electrons. The third-order valence-electron chi connectivity index (χ3n) is 4.68. The molecule has 3 aromatic carbocycles. The third-order valence-corrected chi connectivity index (χ3v) is 4.68. The second-order valence-electron chi connectivity index (χ2n) is 6.67. The summed E-state index contributed by atoms with van der Waals surface area (Å²) in [5.41, 5.74) is 1.59. The molecule has 3 aromatic rings. The van der Waals surface area contributed by atoms with E-state index < -0.39 is 11.9 Å². The molecule has 0 aliphatic rings. The molecule has 1 N–H and O–H groups in total. The largest absolute Gasteiger partial charge is 0.480 e. The van der Waals surface area contributed by atoms with E-state index in [2.05, 4.69) is 10.2 Å². The Morgan fingerprint density at radius 1 is 1.10 bits per heavy atom. The fraction of sp³-hybridized carbons (Fsp3) is 0.208. The Morgan fingerprint density at radius 2 is 1.87 bits per heavy atom. The molecule has 6 heteroatoms. The molecule has 0 aliphatic heterocycles. The van der Waals surface area contributed by atoms with Crippen molar-refractivity contribution < 1.29 is 19.1 Å². The predicted octanol–water partition coefficient (Wildman–Crippen LogP) is 5.07. The van der Waals surface area contributed by atoms with Crippen molar-refractivity contribution in [1.29, 1.82) is 0 Å². The second kappa shape index (κ2) is 9.57. The van der Waals surface area contributed by atoms with E-state index in [9.17, 15) is 9.59 Å². The van der Waals surface area contributed by atoms with Crippen molar-refractivity contribution in [3.63, 3.8) is 0 Å². The first-order valence-corrected chi connectivity index (χ1v) is 9.62. The van der Waals surface area contributed by atoms with Gasteiger partial charge in [0.15, 0.2) is 12.3 Å². The van der Waals surface area contributed by atoms with E-state index in [1.165, 1.54) is 6.07 Å². The molecule has 0 heterocycles. The maximum atomic E-state index is 13.0. The van der Waals surface area contributed by atoms with Crippen molar-refractivity contribution in [3.8, 4) is 5.75 Å². The zero-order valence-corrected chi connectivity index (χ0v) is 16.8. The summed E-state index contributed by atoms with van der Waals surface area (Å²) in [6, 6.07) is 18.4. The first-order valence-electron chi connectivity index (χ1n) is 9.62. The molecule has 0 saturated heterocycles. The first-order chi connectivity index (χ1) is 14.5. The maximum Gasteiger partial charge on any atom is 0.344 e. The van der Waals surface area contributed by atoms with E-state index in [1.54, 1.807) is 19.1 Å². The number of carbonyl (C=O) groups excluding carboxylic acids is 2. The Labute approximate surface area is 175 Å². The van der Waals surface area contributed by atoms with Crippen LogP contribution in [0, 0.1) is 6.57 Å². The minimum absolute atomic E-state index is 0.241. The quantitative estimate of drug-likeness (QED) is 0.442. The molecule has 0 fully saturated rings. The number of nitrogens with one attached hydrogen (secondary N) is 1. The van der Waals surface area contributed by atoms with Gasteiger partial charge in [-0.05, 0) is 42.3 Å². The summed E-state index contributed by atoms with van der Waals surface area (Å²) in [6.45, 7) is 10.7. The van der Waals surface area contributed by atoms with Crippen LogP contribution in [-0.2, 0) is 14.3 Å². The summed E-state index contributed by atoms with van der Waals surface area (Å²) < 4.78 is 10.4. The van der Waals surface area contributed by atoms with E-state index in [0.29, 0.717) is 17.1 Å². The number of ether oxygens (including phenoxy) is 2. The third kappa shape index (κ3) is 4.76. The Bertz CT molecular complexity index is 1110. The van der Waals surface area contributed by atoms with Crippen molar-refractivity contribution in [2.45, 2.75) is 19.8 Å². The molecule has 1 unspecified atom stereocenters. The van der Waals surface area contributed by atoms with Crippen molar-refractivity contribution in [3.05, 3.63) is 77.6 Å². The molecule has 0 aliphatic carbocycles. The molecule has 6 nitrogen and oxygen atoms in total. The van der Waals surface area contributed by atoms with Crippen LogP contribution in [0.15, 0.2) is 60.7 Å². The smallest absolute Gasteiger partial charge is 0.344 e. The van der Waals surface area contributed by atoms with E-state index in [0.717, 1.165) is 16.3 Å². The fourth-order valence-electron chi connectivity index (χ4n) is 3.16. The van der Waals surface area contributed by atoms with Crippen molar-refractivity contribution in [1.82, 2.24) is 0 Å². The maximum absolute atomic E-state index is 13.0. The van der Waals surface area contributed by atoms with Crippen molar-refractivity contribution in [2.75, 3.05) is 18.5 Å². The lowest BCUT2D eigenvalue weighted by atomic mass is 9.94. The molecule has 1 atom stereocenters. The number of esters is 1. The van der Waals surface area contributed by atoms with Gasteiger partial charge in [0.25, 0.3) is 0 Å². The van der Waals surface area contributed by atoms with Gasteiger partial charge in [0, 0.05) is 0 Å². The summed E-state index contributed by atoms with van der Waals surface area (Å²) in [6.07, 6.45) is 0. The van der Waals surface area contributed by atoms with Gasteiger partial charge in [-0.2, -0.15) is 0 Å². The highest BCUT2D eigenvalue weighted by Gasteiger charge is 2.19. The summed E-state index contributed by atoms with van der Waals surface area (Å²) in [4.78, 5) is 28.0. The molecular weight excluding hydrogens is 380 g/mol. The van der Waals surface area contributed by atoms with Crippen molar-refractivity contribution in [2.24, 2.45) is 0 Å². The molecule has 0 saturated carbocycles. The summed E-state index contributed by atoms with van der Waals surface area (Å²) >= 11 is 0. The highest BCUT2D eigenvalue weighted by atomic mass is 16.6. The summed E-state index contributed by atoms with van der Waals surface area (Å²) in [5.74, 6) is -0.887. The summed E-state index contributed by atoms with van der Waals surface area (Å²) in [7, 11) is 0. The number of hydrogen-bond donors (Lipinski definition) is 1. The SMILES string of the molecule is [C-]#[N+]c1ccc(OCC(=O)OCC)c(NC(=O)C(C)c2cccc3ccccc23)c1. The predicted molar refractivity (Wildman–Crippen MR) is 116 cm³/mol. The lowest BCUT2D eigenvalue weighted by molar-refractivity contribution is -0.145. The number of benzene rings is 3. The molecular formula is C24H22N2O4. The van der Waals surface area contributed by atoms with Gasteiger partial charge in [0.1, 0.15) is 5.75 Å². The molecule has 30 heavy (non-hydrogen) atoms. The van der Waals surface area contributed by atoms with Gasteiger partial charge >= 0.3 is 5.97 Å². The Morgan fingerprint density at radius 3 is 2.63 bits per heavy atom. The van der Waals surface area contributed by atoms with Crippen LogP contribution in [-0.4, -0.2) is 25.1 Å². The average molecular weight is 402 g/mol. The van der Waals surface area contributed by atoms with E-state index in [4.69, 9.17) is 16.0 Å². The molecule has 0 bridgehead atoms. The van der Waals surface area contributed by atoms with E-state index >= 15 is 0 Å². The topological polar surface area (TPSA) is 69.0 Å². The van der Waals surface area contributed by atoms with Gasteiger partial charge in [-0.1, -0.05) is 48.5 Å². The number of carbonyl (C=O) groups is 2. The first kappa shape index (κ1) is 20.9. The zero-order valence-electron chi connectivity index (χ0n) is 16.8. The van der Waals surface area contributed by atoms with Gasteiger partial charge in [-0.25, -0.2) is 9.64 Å². The summed E-state index contributed by atoms with van der Waals surface area (Å²) in [5, 5.41) is 4.91. The number of fused-ring (bicyclic) bond motifs is 1. The van der Waals surface area contributed by atoms with Crippen LogP contribution < -0.4 is 10.1 Å². The van der Waals surface area contributed by atoms with Gasteiger partial charge in [-0.3, -0.25) is 4.79 Å². The zero-order chi connectivity index (χ0) is 21.5. The van der Waals surface area contributed by atoms with Crippen molar-refractivity contribution >= 4 is 34.0 Å². The number of amides is 1. The number of nitrogens with zero attached hydrogens (tertiary/aromatic N) is 1. The Kier molecular flexibility index (Phi) is 6.66. The van der Waals surface area contributed by atoms with Crippen LogP contribution in [0.2, 0.25) is 0 Å². The Hall–Kier alpha value is -3.85. The lowest BCUT2D eigenvalue weighted by Gasteiger charge is -2.17. The minimum Gasteiger partial charge on any atom is -0.480 e. The molecule has 3 rings (SSSR count). The highest BCUT2D eigenvalue weighted by Crippen LogP contribution is 2.32. The van der Waals surface area contributed by atoms with Crippen LogP contribution in [0.4, 0.5) is 11.4 Å². The standard InChI is InChI=1S/C24H22N2O4/c1-4-29-23(27)15-30-22-13-12-18(25-3)14-21(22)26-24(28)16(2)19-11-7-9-17-8-5-6-10-20(17)19/h5-14,16H,4,15H2,1-2H3,(H,26,28). The number of hydrogen-bond acceptors (Lipinski definition) is 4. The monoisotopic (exact) mass is 402 g/mol. The average Bonchev–Trinajstić information content (AvgIpc) is 2.77. The fourth-order valence-corrected chi connectivity index (χ4v) is 3.16. The Balaban J connectivity index is 1.84. The molecule has 0 radical (unpaired) electrons. The van der Waals surface area contributed by atoms with Gasteiger partial charge in [0.2, 0.25) is 5.91 Å². The van der Waals surface area contributed by atoms with Crippen LogP contribution in [0.5, 0.6) is 5.75 Å². The van der Waals surface area contributed by atoms with Gasteiger partial charge < -0.3 is 14.8 Å². The van der Waals surface area contributed by atoms with Gasteiger partial charge in [0.05, 0.1) is 24.8 Å². The number of anilines is 1. The molecule has 0 aromatic heterocycles. The normalized spacial score (nSPS) is 11.4. The molecule has 0 spiro atoms.